The summed E-state index contributed by atoms with van der Waals surface area (Å²) in [5, 5.41) is 28.1. The Balaban J connectivity index is 4.05. The fourth-order valence-corrected chi connectivity index (χ4v) is 1.84. The molecule has 0 amide bonds. The van der Waals surface area contributed by atoms with Crippen LogP contribution in [-0.2, 0) is 0 Å². The van der Waals surface area contributed by atoms with Gasteiger partial charge in [-0.05, 0) is 53.4 Å². The number of rotatable bonds is 8. The molecule has 0 aromatic carbocycles. The highest BCUT2D eigenvalue weighted by atomic mass is 16.3. The summed E-state index contributed by atoms with van der Waals surface area (Å²) in [5.41, 5.74) is 1.52. The minimum Gasteiger partial charge on any atom is -0.392 e. The molecule has 3 heteroatoms. The normalized spacial score (nSPS) is 15.9. The summed E-state index contributed by atoms with van der Waals surface area (Å²) < 4.78 is 0. The molecule has 3 N–H and O–H groups in total. The van der Waals surface area contributed by atoms with Crippen molar-refractivity contribution < 1.29 is 15.3 Å². The van der Waals surface area contributed by atoms with Crippen molar-refractivity contribution in [3.8, 4) is 0 Å². The summed E-state index contributed by atoms with van der Waals surface area (Å²) in [7, 11) is 0. The zero-order chi connectivity index (χ0) is 14.2. The average molecular weight is 256 g/mol. The summed E-state index contributed by atoms with van der Waals surface area (Å²) in [6, 6.07) is 0. The van der Waals surface area contributed by atoms with E-state index in [0.717, 1.165) is 30.4 Å². The zero-order valence-electron chi connectivity index (χ0n) is 12.1. The van der Waals surface area contributed by atoms with Gasteiger partial charge in [-0.2, -0.15) is 0 Å². The van der Waals surface area contributed by atoms with Crippen molar-refractivity contribution in [3.05, 3.63) is 23.3 Å². The van der Waals surface area contributed by atoms with Crippen molar-refractivity contribution in [1.29, 1.82) is 0 Å². The van der Waals surface area contributed by atoms with Gasteiger partial charge in [0.05, 0.1) is 18.3 Å². The maximum atomic E-state index is 9.83. The highest BCUT2D eigenvalue weighted by molar-refractivity contribution is 5.08. The molecule has 1 atom stereocenters. The predicted octanol–water partition coefficient (Wildman–Crippen LogP) is 2.56. The second-order valence-corrected chi connectivity index (χ2v) is 5.68. The van der Waals surface area contributed by atoms with E-state index in [1.54, 1.807) is 6.08 Å². The topological polar surface area (TPSA) is 60.7 Å². The van der Waals surface area contributed by atoms with E-state index < -0.39 is 11.7 Å². The van der Waals surface area contributed by atoms with Crippen molar-refractivity contribution in [1.82, 2.24) is 0 Å². The maximum Gasteiger partial charge on any atom is 0.0760 e. The Morgan fingerprint density at radius 1 is 1.22 bits per heavy atom. The Hall–Kier alpha value is -0.640. The molecule has 0 aliphatic carbocycles. The molecular weight excluding hydrogens is 228 g/mol. The third kappa shape index (κ3) is 10.5. The highest BCUT2D eigenvalue weighted by Crippen LogP contribution is 2.16. The fourth-order valence-electron chi connectivity index (χ4n) is 1.84. The first-order chi connectivity index (χ1) is 8.24. The summed E-state index contributed by atoms with van der Waals surface area (Å²) in [5.74, 6) is 0. The first-order valence-electron chi connectivity index (χ1n) is 6.59. The molecule has 0 spiro atoms. The van der Waals surface area contributed by atoms with Gasteiger partial charge in [0.25, 0.3) is 0 Å². The summed E-state index contributed by atoms with van der Waals surface area (Å²) in [4.78, 5) is 0. The number of hydrogen-bond donors (Lipinski definition) is 3. The molecule has 0 aromatic rings. The van der Waals surface area contributed by atoms with Gasteiger partial charge in [-0.3, -0.25) is 0 Å². The third-order valence-corrected chi connectivity index (χ3v) is 2.81. The van der Waals surface area contributed by atoms with Crippen LogP contribution in [0.3, 0.4) is 0 Å². The Morgan fingerprint density at radius 3 is 2.33 bits per heavy atom. The van der Waals surface area contributed by atoms with Crippen LogP contribution in [0.5, 0.6) is 0 Å². The van der Waals surface area contributed by atoms with Crippen molar-refractivity contribution >= 4 is 0 Å². The monoisotopic (exact) mass is 256 g/mol. The molecular formula is C15H28O3. The maximum absolute atomic E-state index is 9.83. The summed E-state index contributed by atoms with van der Waals surface area (Å²) in [6.45, 7) is 7.54. The van der Waals surface area contributed by atoms with Crippen LogP contribution in [-0.4, -0.2) is 33.6 Å². The molecule has 0 saturated heterocycles. The van der Waals surface area contributed by atoms with Crippen LogP contribution >= 0.6 is 0 Å². The number of allylic oxidation sites excluding steroid dienone is 1. The average Bonchev–Trinajstić information content (AvgIpc) is 2.14. The highest BCUT2D eigenvalue weighted by Gasteiger charge is 2.11. The lowest BCUT2D eigenvalue weighted by Gasteiger charge is -2.16. The molecule has 0 aliphatic rings. The minimum atomic E-state index is -0.612. The molecule has 0 aliphatic heterocycles. The van der Waals surface area contributed by atoms with Gasteiger partial charge < -0.3 is 15.3 Å². The van der Waals surface area contributed by atoms with Crippen LogP contribution in [0.15, 0.2) is 23.3 Å². The Morgan fingerprint density at radius 2 is 1.83 bits per heavy atom. The summed E-state index contributed by atoms with van der Waals surface area (Å²) in [6.07, 6.45) is 6.21. The lowest BCUT2D eigenvalue weighted by molar-refractivity contribution is 0.0689. The van der Waals surface area contributed by atoms with Gasteiger partial charge in [0.1, 0.15) is 0 Å². The van der Waals surface area contributed by atoms with Crippen LogP contribution in [0.4, 0.5) is 0 Å². The molecule has 0 fully saturated rings. The smallest absolute Gasteiger partial charge is 0.0760 e. The zero-order valence-corrected chi connectivity index (χ0v) is 12.1. The number of hydrogen-bond acceptors (Lipinski definition) is 3. The van der Waals surface area contributed by atoms with Crippen molar-refractivity contribution in [2.45, 2.75) is 65.1 Å². The van der Waals surface area contributed by atoms with Gasteiger partial charge in [0.2, 0.25) is 0 Å². The Kier molecular flexibility index (Phi) is 8.16. The lowest BCUT2D eigenvalue weighted by atomic mass is 9.98. The van der Waals surface area contributed by atoms with Crippen LogP contribution in [0.2, 0.25) is 0 Å². The van der Waals surface area contributed by atoms with E-state index in [0.29, 0.717) is 6.42 Å². The minimum absolute atomic E-state index is 0.0207. The second kappa shape index (κ2) is 8.46. The second-order valence-electron chi connectivity index (χ2n) is 5.68. The largest absolute Gasteiger partial charge is 0.392 e. The van der Waals surface area contributed by atoms with Gasteiger partial charge in [-0.25, -0.2) is 0 Å². The molecule has 3 nitrogen and oxygen atoms in total. The van der Waals surface area contributed by atoms with Gasteiger partial charge in [-0.1, -0.05) is 23.3 Å². The molecule has 18 heavy (non-hydrogen) atoms. The van der Waals surface area contributed by atoms with E-state index in [-0.39, 0.29) is 6.61 Å². The van der Waals surface area contributed by atoms with Crippen molar-refractivity contribution in [3.63, 3.8) is 0 Å². The van der Waals surface area contributed by atoms with E-state index in [1.165, 1.54) is 0 Å². The standard InChI is InChI=1S/C15H28O3/c1-12(6-5-8-15(3,4)18)10-14(17)11-13(2)7-9-16/h7,10,14,16-18H,5-6,8-9,11H2,1-4H3/b12-10+,13-7-. The first kappa shape index (κ1) is 17.4. The number of aliphatic hydroxyl groups is 3. The molecule has 1 unspecified atom stereocenters. The lowest BCUT2D eigenvalue weighted by Crippen LogP contribution is -2.17. The molecule has 0 rings (SSSR count). The van der Waals surface area contributed by atoms with Crippen LogP contribution in [0.25, 0.3) is 0 Å². The van der Waals surface area contributed by atoms with Gasteiger partial charge in [-0.15, -0.1) is 0 Å². The van der Waals surface area contributed by atoms with Crippen molar-refractivity contribution in [2.24, 2.45) is 0 Å². The van der Waals surface area contributed by atoms with Gasteiger partial charge in [0, 0.05) is 0 Å². The van der Waals surface area contributed by atoms with E-state index >= 15 is 0 Å². The summed E-state index contributed by atoms with van der Waals surface area (Å²) >= 11 is 0. The van der Waals surface area contributed by atoms with Crippen LogP contribution in [0, 0.1) is 0 Å². The molecule has 0 saturated carbocycles. The van der Waals surface area contributed by atoms with E-state index in [1.807, 2.05) is 33.8 Å². The third-order valence-electron chi connectivity index (χ3n) is 2.81. The SMILES string of the molecule is C/C(=C/CO)CC(O)/C=C(\C)CCCC(C)(C)O. The van der Waals surface area contributed by atoms with E-state index in [2.05, 4.69) is 0 Å². The predicted molar refractivity (Wildman–Crippen MR) is 75.4 cm³/mol. The molecule has 0 radical (unpaired) electrons. The fraction of sp³-hybridized carbons (Fsp3) is 0.733. The Bertz CT molecular complexity index is 285. The van der Waals surface area contributed by atoms with Crippen molar-refractivity contribution in [2.75, 3.05) is 6.61 Å². The van der Waals surface area contributed by atoms with Gasteiger partial charge >= 0.3 is 0 Å². The first-order valence-corrected chi connectivity index (χ1v) is 6.59. The molecule has 0 aromatic heterocycles. The number of aliphatic hydroxyl groups excluding tert-OH is 2. The van der Waals surface area contributed by atoms with E-state index in [9.17, 15) is 10.2 Å². The van der Waals surface area contributed by atoms with E-state index in [4.69, 9.17) is 5.11 Å². The quantitative estimate of drug-likeness (QED) is 0.585. The molecule has 0 bridgehead atoms. The van der Waals surface area contributed by atoms with Crippen LogP contribution in [0.1, 0.15) is 53.4 Å². The van der Waals surface area contributed by atoms with Gasteiger partial charge in [0.15, 0.2) is 0 Å². The van der Waals surface area contributed by atoms with Crippen LogP contribution < -0.4 is 0 Å². The molecule has 0 heterocycles. The molecule has 106 valence electrons. The Labute approximate surface area is 111 Å².